The minimum Gasteiger partial charge on any atom is -0.409 e. The molecule has 0 aromatic carbocycles. The van der Waals surface area contributed by atoms with Crippen molar-refractivity contribution in [2.45, 2.75) is 31.3 Å². The molecular weight excluding hydrogens is 246 g/mol. The summed E-state index contributed by atoms with van der Waals surface area (Å²) in [5.41, 5.74) is 5.21. The fourth-order valence-electron chi connectivity index (χ4n) is 2.55. The summed E-state index contributed by atoms with van der Waals surface area (Å²) >= 11 is 0. The number of oxime groups is 1. The van der Waals surface area contributed by atoms with E-state index in [0.717, 1.165) is 25.7 Å². The van der Waals surface area contributed by atoms with Crippen molar-refractivity contribution in [1.29, 1.82) is 0 Å². The molecular formula is C12H19N5O2. The van der Waals surface area contributed by atoms with Gasteiger partial charge in [-0.1, -0.05) is 18.0 Å². The highest BCUT2D eigenvalue weighted by molar-refractivity contribution is 5.99. The van der Waals surface area contributed by atoms with Crippen molar-refractivity contribution in [1.82, 2.24) is 9.97 Å². The summed E-state index contributed by atoms with van der Waals surface area (Å²) in [4.78, 5) is 10.1. The summed E-state index contributed by atoms with van der Waals surface area (Å²) in [6.45, 7) is 0.456. The maximum Gasteiger partial charge on any atom is 0.192 e. The molecule has 2 rings (SSSR count). The van der Waals surface area contributed by atoms with Crippen molar-refractivity contribution < 1.29 is 10.3 Å². The summed E-state index contributed by atoms with van der Waals surface area (Å²) < 4.78 is 0. The van der Waals surface area contributed by atoms with Crippen LogP contribution < -0.4 is 10.6 Å². The van der Waals surface area contributed by atoms with Crippen molar-refractivity contribution in [3.05, 3.63) is 18.1 Å². The third-order valence-corrected chi connectivity index (χ3v) is 3.46. The number of anilines is 1. The van der Waals surface area contributed by atoms with Gasteiger partial charge >= 0.3 is 0 Å². The zero-order valence-corrected chi connectivity index (χ0v) is 11.0. The topological polar surface area (TPSA) is 108 Å². The van der Waals surface area contributed by atoms with Crippen LogP contribution in [0.25, 0.3) is 0 Å². The third-order valence-electron chi connectivity index (χ3n) is 3.46. The molecule has 0 radical (unpaired) electrons. The summed E-state index contributed by atoms with van der Waals surface area (Å²) in [5, 5.41) is 22.1. The van der Waals surface area contributed by atoms with Gasteiger partial charge in [0.1, 0.15) is 0 Å². The van der Waals surface area contributed by atoms with E-state index in [4.69, 9.17) is 10.9 Å². The predicted molar refractivity (Wildman–Crippen MR) is 71.2 cm³/mol. The molecule has 0 unspecified atom stereocenters. The Kier molecular flexibility index (Phi) is 3.84. The van der Waals surface area contributed by atoms with Gasteiger partial charge in [-0.15, -0.1) is 0 Å². The second-order valence-electron chi connectivity index (χ2n) is 5.00. The van der Waals surface area contributed by atoms with Gasteiger partial charge in [-0.25, -0.2) is 9.97 Å². The van der Waals surface area contributed by atoms with Crippen molar-refractivity contribution in [3.8, 4) is 0 Å². The van der Waals surface area contributed by atoms with Crippen LogP contribution in [0, 0.1) is 0 Å². The molecule has 0 amide bonds. The monoisotopic (exact) mass is 265 g/mol. The number of rotatable bonds is 4. The predicted octanol–water partition coefficient (Wildman–Crippen LogP) is 0.312. The highest BCUT2D eigenvalue weighted by Crippen LogP contribution is 2.31. The van der Waals surface area contributed by atoms with E-state index in [1.807, 2.05) is 7.05 Å². The highest BCUT2D eigenvalue weighted by Gasteiger charge is 2.33. The molecule has 1 aromatic rings. The maximum absolute atomic E-state index is 10.4. The molecule has 19 heavy (non-hydrogen) atoms. The molecule has 1 aliphatic carbocycles. The number of hydrogen-bond donors (Lipinski definition) is 3. The molecule has 0 aliphatic heterocycles. The second kappa shape index (κ2) is 5.40. The minimum atomic E-state index is -0.686. The Bertz CT molecular complexity index is 471. The Balaban J connectivity index is 2.21. The lowest BCUT2D eigenvalue weighted by Gasteiger charge is -2.29. The van der Waals surface area contributed by atoms with Crippen LogP contribution in [0.15, 0.2) is 17.5 Å². The zero-order valence-electron chi connectivity index (χ0n) is 11.0. The van der Waals surface area contributed by atoms with E-state index in [-0.39, 0.29) is 5.84 Å². The number of aliphatic hydroxyl groups is 1. The lowest BCUT2D eigenvalue weighted by Crippen LogP contribution is -2.40. The molecule has 4 N–H and O–H groups in total. The first-order valence-electron chi connectivity index (χ1n) is 6.28. The van der Waals surface area contributed by atoms with Crippen LogP contribution in [0.3, 0.4) is 0 Å². The molecule has 7 heteroatoms. The molecule has 1 saturated carbocycles. The molecule has 104 valence electrons. The second-order valence-corrected chi connectivity index (χ2v) is 5.00. The van der Waals surface area contributed by atoms with E-state index in [2.05, 4.69) is 15.1 Å². The molecule has 1 aromatic heterocycles. The SMILES string of the molecule is CN(CC1(O)CCCC1)c1nccnc1C(N)=NO. The largest absolute Gasteiger partial charge is 0.409 e. The van der Waals surface area contributed by atoms with Gasteiger partial charge in [-0.05, 0) is 12.8 Å². The fourth-order valence-corrected chi connectivity index (χ4v) is 2.55. The van der Waals surface area contributed by atoms with Crippen LogP contribution in [0.5, 0.6) is 0 Å². The Morgan fingerprint density at radius 1 is 1.42 bits per heavy atom. The molecule has 7 nitrogen and oxygen atoms in total. The van der Waals surface area contributed by atoms with E-state index < -0.39 is 5.60 Å². The number of amidine groups is 1. The summed E-state index contributed by atoms with van der Waals surface area (Å²) in [5.74, 6) is 0.409. The van der Waals surface area contributed by atoms with Crippen molar-refractivity contribution in [2.24, 2.45) is 10.9 Å². The van der Waals surface area contributed by atoms with Crippen LogP contribution in [0.2, 0.25) is 0 Å². The first kappa shape index (κ1) is 13.5. The molecule has 1 aliphatic rings. The van der Waals surface area contributed by atoms with Gasteiger partial charge in [0.05, 0.1) is 5.60 Å². The quantitative estimate of drug-likeness (QED) is 0.313. The van der Waals surface area contributed by atoms with Crippen LogP contribution in [-0.2, 0) is 0 Å². The van der Waals surface area contributed by atoms with Crippen molar-refractivity contribution in [3.63, 3.8) is 0 Å². The van der Waals surface area contributed by atoms with Gasteiger partial charge in [0, 0.05) is 26.0 Å². The van der Waals surface area contributed by atoms with E-state index in [9.17, 15) is 5.11 Å². The first-order chi connectivity index (χ1) is 9.06. The van der Waals surface area contributed by atoms with Crippen LogP contribution in [-0.4, -0.2) is 45.3 Å². The molecule has 1 heterocycles. The summed E-state index contributed by atoms with van der Waals surface area (Å²) in [6, 6.07) is 0. The van der Waals surface area contributed by atoms with Gasteiger partial charge < -0.3 is 20.9 Å². The normalized spacial score (nSPS) is 18.5. The average Bonchev–Trinajstić information content (AvgIpc) is 2.84. The van der Waals surface area contributed by atoms with E-state index >= 15 is 0 Å². The number of nitrogens with two attached hydrogens (primary N) is 1. The maximum atomic E-state index is 10.4. The Morgan fingerprint density at radius 3 is 2.68 bits per heavy atom. The molecule has 0 spiro atoms. The number of aromatic nitrogens is 2. The fraction of sp³-hybridized carbons (Fsp3) is 0.583. The zero-order chi connectivity index (χ0) is 13.9. The van der Waals surface area contributed by atoms with Gasteiger partial charge in [0.2, 0.25) is 0 Å². The molecule has 0 bridgehead atoms. The van der Waals surface area contributed by atoms with Gasteiger partial charge in [-0.3, -0.25) is 0 Å². The molecule has 0 atom stereocenters. The summed E-state index contributed by atoms with van der Waals surface area (Å²) in [7, 11) is 1.81. The third kappa shape index (κ3) is 2.93. The lowest BCUT2D eigenvalue weighted by atomic mass is 10.0. The Labute approximate surface area is 111 Å². The van der Waals surface area contributed by atoms with Gasteiger partial charge in [0.15, 0.2) is 17.3 Å². The van der Waals surface area contributed by atoms with E-state index in [1.165, 1.54) is 6.20 Å². The number of likely N-dealkylation sites (N-methyl/N-ethyl adjacent to an activating group) is 1. The van der Waals surface area contributed by atoms with Crippen molar-refractivity contribution in [2.75, 3.05) is 18.5 Å². The van der Waals surface area contributed by atoms with Crippen LogP contribution in [0.4, 0.5) is 5.82 Å². The standard InChI is InChI=1S/C12H19N5O2/c1-17(8-12(18)4-2-3-5-12)11-9(10(13)16-19)14-6-7-15-11/h6-7,18-19H,2-5,8H2,1H3,(H2,13,16). The lowest BCUT2D eigenvalue weighted by molar-refractivity contribution is 0.0558. The van der Waals surface area contributed by atoms with Crippen molar-refractivity contribution >= 4 is 11.7 Å². The van der Waals surface area contributed by atoms with E-state index in [1.54, 1.807) is 11.1 Å². The van der Waals surface area contributed by atoms with Gasteiger partial charge in [-0.2, -0.15) is 0 Å². The summed E-state index contributed by atoms with van der Waals surface area (Å²) in [6.07, 6.45) is 6.68. The van der Waals surface area contributed by atoms with Gasteiger partial charge in [0.25, 0.3) is 0 Å². The number of hydrogen-bond acceptors (Lipinski definition) is 6. The van der Waals surface area contributed by atoms with Crippen LogP contribution in [0.1, 0.15) is 31.4 Å². The van der Waals surface area contributed by atoms with E-state index in [0.29, 0.717) is 18.1 Å². The first-order valence-corrected chi connectivity index (χ1v) is 6.28. The minimum absolute atomic E-state index is 0.0895. The van der Waals surface area contributed by atoms with Crippen LogP contribution >= 0.6 is 0 Å². The highest BCUT2D eigenvalue weighted by atomic mass is 16.4. The molecule has 1 fully saturated rings. The smallest absolute Gasteiger partial charge is 0.192 e. The molecule has 0 saturated heterocycles. The Hall–Kier alpha value is -1.89. The average molecular weight is 265 g/mol. The Morgan fingerprint density at radius 2 is 2.05 bits per heavy atom. The number of nitrogens with zero attached hydrogens (tertiary/aromatic N) is 4.